The van der Waals surface area contributed by atoms with Gasteiger partial charge < -0.3 is 4.57 Å². The van der Waals surface area contributed by atoms with Gasteiger partial charge in [0.2, 0.25) is 10.0 Å². The highest BCUT2D eigenvalue weighted by molar-refractivity contribution is 7.89. The third-order valence-corrected chi connectivity index (χ3v) is 6.84. The second-order valence-electron chi connectivity index (χ2n) is 6.25. The average Bonchev–Trinajstić information content (AvgIpc) is 3.23. The molecule has 3 rings (SSSR count). The van der Waals surface area contributed by atoms with Crippen LogP contribution >= 0.6 is 11.6 Å². The molecule has 1 atom stereocenters. The molecule has 1 saturated carbocycles. The quantitative estimate of drug-likeness (QED) is 0.793. The first-order chi connectivity index (χ1) is 10.0. The Hall–Kier alpha value is -0.520. The van der Waals surface area contributed by atoms with E-state index in [9.17, 15) is 8.42 Å². The fourth-order valence-electron chi connectivity index (χ4n) is 3.18. The highest BCUT2D eigenvalue weighted by Gasteiger charge is 2.33. The van der Waals surface area contributed by atoms with Gasteiger partial charge in [-0.2, -0.15) is 4.31 Å². The van der Waals surface area contributed by atoms with Gasteiger partial charge in [0.25, 0.3) is 0 Å². The fourth-order valence-corrected chi connectivity index (χ4v) is 5.14. The number of alkyl halides is 1. The summed E-state index contributed by atoms with van der Waals surface area (Å²) in [6.07, 6.45) is 8.18. The lowest BCUT2D eigenvalue weighted by molar-refractivity contribution is 0.342. The Bertz CT molecular complexity index is 607. The van der Waals surface area contributed by atoms with Crippen molar-refractivity contribution in [1.29, 1.82) is 0 Å². The largest absolute Gasteiger partial charge is 0.346 e. The van der Waals surface area contributed by atoms with Gasteiger partial charge in [-0.1, -0.05) is 12.8 Å². The van der Waals surface area contributed by atoms with Gasteiger partial charge in [-0.05, 0) is 38.7 Å². The van der Waals surface area contributed by atoms with Gasteiger partial charge in [0.15, 0.2) is 0 Å². The summed E-state index contributed by atoms with van der Waals surface area (Å²) < 4.78 is 29.6. The van der Waals surface area contributed by atoms with Gasteiger partial charge >= 0.3 is 0 Å². The second kappa shape index (κ2) is 5.94. The fraction of sp³-hybridized carbons (Fsp3) is 0.733. The highest BCUT2D eigenvalue weighted by atomic mass is 35.5. The first-order valence-corrected chi connectivity index (χ1v) is 9.80. The molecule has 2 heterocycles. The molecule has 0 amide bonds. The van der Waals surface area contributed by atoms with Gasteiger partial charge in [0, 0.05) is 30.5 Å². The molecule has 0 radical (unpaired) electrons. The van der Waals surface area contributed by atoms with Crippen LogP contribution in [0.4, 0.5) is 0 Å². The van der Waals surface area contributed by atoms with E-state index in [0.717, 1.165) is 44.2 Å². The minimum Gasteiger partial charge on any atom is -0.346 e. The standard InChI is InChI=1S/C15H23ClN2O2S/c1-12-5-3-2-4-8-18(12)21(19,20)15-9-14(10-16)17(11-15)13-6-7-13/h9,11-13H,2-8,10H2,1H3. The van der Waals surface area contributed by atoms with E-state index >= 15 is 0 Å². The topological polar surface area (TPSA) is 42.3 Å². The molecular weight excluding hydrogens is 308 g/mol. The lowest BCUT2D eigenvalue weighted by atomic mass is 10.1. The van der Waals surface area contributed by atoms with Crippen LogP contribution in [0.5, 0.6) is 0 Å². The number of sulfonamides is 1. The number of rotatable bonds is 4. The van der Waals surface area contributed by atoms with Gasteiger partial charge in [-0.3, -0.25) is 0 Å². The van der Waals surface area contributed by atoms with Crippen LogP contribution in [0.25, 0.3) is 0 Å². The van der Waals surface area contributed by atoms with Crippen LogP contribution in [0, 0.1) is 0 Å². The van der Waals surface area contributed by atoms with Crippen molar-refractivity contribution < 1.29 is 8.42 Å². The molecule has 2 fully saturated rings. The molecule has 0 N–H and O–H groups in total. The molecular formula is C15H23ClN2O2S. The number of aromatic nitrogens is 1. The zero-order chi connectivity index (χ0) is 15.0. The maximum Gasteiger partial charge on any atom is 0.244 e. The lowest BCUT2D eigenvalue weighted by Crippen LogP contribution is -2.38. The molecule has 1 aromatic rings. The van der Waals surface area contributed by atoms with Crippen molar-refractivity contribution >= 4 is 21.6 Å². The average molecular weight is 331 g/mol. The van der Waals surface area contributed by atoms with Crippen LogP contribution in [-0.2, 0) is 15.9 Å². The molecule has 1 saturated heterocycles. The Balaban J connectivity index is 1.93. The molecule has 1 aliphatic heterocycles. The predicted octanol–water partition coefficient (Wildman–Crippen LogP) is 3.52. The number of halogens is 1. The zero-order valence-corrected chi connectivity index (χ0v) is 14.0. The van der Waals surface area contributed by atoms with E-state index in [1.165, 1.54) is 0 Å². The van der Waals surface area contributed by atoms with E-state index in [-0.39, 0.29) is 6.04 Å². The van der Waals surface area contributed by atoms with Crippen molar-refractivity contribution in [2.75, 3.05) is 6.54 Å². The lowest BCUT2D eigenvalue weighted by Gasteiger charge is -2.25. The Morgan fingerprint density at radius 3 is 2.67 bits per heavy atom. The predicted molar refractivity (Wildman–Crippen MR) is 84.1 cm³/mol. The Morgan fingerprint density at radius 1 is 1.24 bits per heavy atom. The number of hydrogen-bond donors (Lipinski definition) is 0. The second-order valence-corrected chi connectivity index (χ2v) is 8.41. The van der Waals surface area contributed by atoms with Gasteiger partial charge in [0.1, 0.15) is 4.90 Å². The molecule has 1 aliphatic carbocycles. The molecule has 1 unspecified atom stereocenters. The van der Waals surface area contributed by atoms with E-state index in [1.807, 2.05) is 6.92 Å². The number of hydrogen-bond acceptors (Lipinski definition) is 2. The summed E-state index contributed by atoms with van der Waals surface area (Å²) >= 11 is 5.98. The van der Waals surface area contributed by atoms with E-state index in [1.54, 1.807) is 16.6 Å². The van der Waals surface area contributed by atoms with Crippen LogP contribution < -0.4 is 0 Å². The van der Waals surface area contributed by atoms with Crippen LogP contribution in [-0.4, -0.2) is 29.9 Å². The van der Waals surface area contributed by atoms with Crippen molar-refractivity contribution in [1.82, 2.24) is 8.87 Å². The summed E-state index contributed by atoms with van der Waals surface area (Å²) in [5.41, 5.74) is 0.917. The first kappa shape index (κ1) is 15.4. The van der Waals surface area contributed by atoms with Crippen molar-refractivity contribution in [3.05, 3.63) is 18.0 Å². The van der Waals surface area contributed by atoms with Crippen LogP contribution in [0.1, 0.15) is 57.2 Å². The zero-order valence-electron chi connectivity index (χ0n) is 12.5. The van der Waals surface area contributed by atoms with Crippen molar-refractivity contribution in [3.63, 3.8) is 0 Å². The first-order valence-electron chi connectivity index (χ1n) is 7.82. The molecule has 0 aromatic carbocycles. The Morgan fingerprint density at radius 2 is 2.00 bits per heavy atom. The van der Waals surface area contributed by atoms with Gasteiger partial charge in [-0.15, -0.1) is 11.6 Å². The molecule has 21 heavy (non-hydrogen) atoms. The molecule has 6 heteroatoms. The van der Waals surface area contributed by atoms with E-state index in [0.29, 0.717) is 23.4 Å². The summed E-state index contributed by atoms with van der Waals surface area (Å²) in [4.78, 5) is 0.416. The third-order valence-electron chi connectivity index (χ3n) is 4.58. The molecule has 118 valence electrons. The molecule has 4 nitrogen and oxygen atoms in total. The van der Waals surface area contributed by atoms with E-state index in [2.05, 4.69) is 4.57 Å². The minimum absolute atomic E-state index is 0.0845. The SMILES string of the molecule is CC1CCCCCN1S(=O)(=O)c1cc(CCl)n(C2CC2)c1. The van der Waals surface area contributed by atoms with E-state index < -0.39 is 10.0 Å². The van der Waals surface area contributed by atoms with Crippen molar-refractivity contribution in [3.8, 4) is 0 Å². The Kier molecular flexibility index (Phi) is 4.35. The Labute approximate surface area is 132 Å². The highest BCUT2D eigenvalue weighted by Crippen LogP contribution is 2.38. The maximum atomic E-state index is 12.9. The van der Waals surface area contributed by atoms with Crippen LogP contribution in [0.3, 0.4) is 0 Å². The molecule has 0 bridgehead atoms. The monoisotopic (exact) mass is 330 g/mol. The summed E-state index contributed by atoms with van der Waals surface area (Å²) in [5, 5.41) is 0. The summed E-state index contributed by atoms with van der Waals surface area (Å²) in [6, 6.07) is 2.30. The normalized spacial score (nSPS) is 25.0. The van der Waals surface area contributed by atoms with Crippen LogP contribution in [0.15, 0.2) is 17.2 Å². The van der Waals surface area contributed by atoms with Crippen molar-refractivity contribution in [2.24, 2.45) is 0 Å². The van der Waals surface area contributed by atoms with Gasteiger partial charge in [0.05, 0.1) is 5.88 Å². The summed E-state index contributed by atoms with van der Waals surface area (Å²) in [5.74, 6) is 0.363. The molecule has 0 spiro atoms. The molecule has 1 aromatic heterocycles. The minimum atomic E-state index is -3.40. The number of nitrogens with zero attached hydrogens (tertiary/aromatic N) is 2. The summed E-state index contributed by atoms with van der Waals surface area (Å²) in [7, 11) is -3.40. The van der Waals surface area contributed by atoms with E-state index in [4.69, 9.17) is 11.6 Å². The molecule has 2 aliphatic rings. The van der Waals surface area contributed by atoms with Gasteiger partial charge in [-0.25, -0.2) is 8.42 Å². The third kappa shape index (κ3) is 3.01. The smallest absolute Gasteiger partial charge is 0.244 e. The summed E-state index contributed by atoms with van der Waals surface area (Å²) in [6.45, 7) is 2.65. The van der Waals surface area contributed by atoms with Crippen molar-refractivity contribution in [2.45, 2.75) is 68.3 Å². The van der Waals surface area contributed by atoms with Crippen LogP contribution in [0.2, 0.25) is 0 Å². The maximum absolute atomic E-state index is 12.9.